The summed E-state index contributed by atoms with van der Waals surface area (Å²) in [5, 5.41) is 14.5. The molecule has 9 nitrogen and oxygen atoms in total. The first-order chi connectivity index (χ1) is 13.7. The Morgan fingerprint density at radius 3 is 2.10 bits per heavy atom. The molecule has 2 amide bonds. The molecule has 5 N–H and O–H groups in total. The second kappa shape index (κ2) is 15.2. The fourth-order valence-corrected chi connectivity index (χ4v) is 2.98. The van der Waals surface area contributed by atoms with E-state index in [0.29, 0.717) is 12.8 Å². The van der Waals surface area contributed by atoms with Crippen molar-refractivity contribution in [3.8, 4) is 0 Å². The van der Waals surface area contributed by atoms with Gasteiger partial charge in [-0.2, -0.15) is 0 Å². The molecule has 0 aliphatic rings. The minimum Gasteiger partial charge on any atom is -0.467 e. The number of methoxy groups -OCH3 is 1. The van der Waals surface area contributed by atoms with E-state index in [2.05, 4.69) is 34.1 Å². The molecule has 0 bridgehead atoms. The summed E-state index contributed by atoms with van der Waals surface area (Å²) >= 11 is 0. The zero-order chi connectivity index (χ0) is 22.4. The van der Waals surface area contributed by atoms with Crippen LogP contribution in [0.5, 0.6) is 0 Å². The van der Waals surface area contributed by atoms with Gasteiger partial charge < -0.3 is 31.1 Å². The van der Waals surface area contributed by atoms with Crippen LogP contribution < -0.4 is 16.4 Å². The Balaban J connectivity index is 4.99. The van der Waals surface area contributed by atoms with Crippen molar-refractivity contribution in [1.82, 2.24) is 15.5 Å². The largest absolute Gasteiger partial charge is 0.467 e. The van der Waals surface area contributed by atoms with Crippen molar-refractivity contribution in [3.05, 3.63) is 0 Å². The van der Waals surface area contributed by atoms with Gasteiger partial charge in [0.25, 0.3) is 0 Å². The number of unbranched alkanes of at least 4 members (excludes halogenated alkanes) is 1. The molecule has 3 atom stereocenters. The van der Waals surface area contributed by atoms with Crippen molar-refractivity contribution < 1.29 is 24.2 Å². The number of esters is 1. The molecule has 0 saturated heterocycles. The summed E-state index contributed by atoms with van der Waals surface area (Å²) < 4.78 is 4.57. The van der Waals surface area contributed by atoms with E-state index < -0.39 is 42.5 Å². The number of aliphatic hydroxyl groups excluding tert-OH is 1. The van der Waals surface area contributed by atoms with Crippen molar-refractivity contribution in [2.45, 2.75) is 71.5 Å². The summed E-state index contributed by atoms with van der Waals surface area (Å²) in [5.41, 5.74) is 5.93. The predicted molar refractivity (Wildman–Crippen MR) is 112 cm³/mol. The molecule has 0 heterocycles. The second-order valence-corrected chi connectivity index (χ2v) is 7.59. The number of ether oxygens (including phenoxy) is 1. The molecule has 29 heavy (non-hydrogen) atoms. The van der Waals surface area contributed by atoms with Crippen LogP contribution in [-0.4, -0.2) is 79.3 Å². The van der Waals surface area contributed by atoms with Crippen LogP contribution in [-0.2, 0) is 19.1 Å². The molecule has 0 rings (SSSR count). The van der Waals surface area contributed by atoms with Gasteiger partial charge in [-0.05, 0) is 51.2 Å². The van der Waals surface area contributed by atoms with Crippen molar-refractivity contribution in [2.24, 2.45) is 11.7 Å². The molecule has 9 heteroatoms. The van der Waals surface area contributed by atoms with Crippen LogP contribution >= 0.6 is 0 Å². The highest BCUT2D eigenvalue weighted by atomic mass is 16.5. The van der Waals surface area contributed by atoms with Crippen molar-refractivity contribution in [2.75, 3.05) is 33.4 Å². The first-order valence-corrected chi connectivity index (χ1v) is 10.5. The summed E-state index contributed by atoms with van der Waals surface area (Å²) in [6.07, 6.45) is 2.51. The number of nitrogens with zero attached hydrogens (tertiary/aromatic N) is 1. The summed E-state index contributed by atoms with van der Waals surface area (Å²) in [6, 6.07) is -2.72. The third-order valence-corrected chi connectivity index (χ3v) is 4.79. The Hall–Kier alpha value is -1.71. The smallest absolute Gasteiger partial charge is 0.330 e. The molecule has 170 valence electrons. The number of nitrogens with one attached hydrogen (secondary N) is 2. The van der Waals surface area contributed by atoms with Gasteiger partial charge in [0.2, 0.25) is 11.8 Å². The van der Waals surface area contributed by atoms with E-state index in [1.165, 1.54) is 7.11 Å². The van der Waals surface area contributed by atoms with Gasteiger partial charge in [-0.25, -0.2) is 4.79 Å². The summed E-state index contributed by atoms with van der Waals surface area (Å²) in [6.45, 7) is 10.4. The Labute approximate surface area is 174 Å². The maximum absolute atomic E-state index is 12.7. The highest BCUT2D eigenvalue weighted by Gasteiger charge is 2.28. The molecule has 0 aromatic rings. The van der Waals surface area contributed by atoms with E-state index in [9.17, 15) is 19.5 Å². The maximum atomic E-state index is 12.7. The van der Waals surface area contributed by atoms with Gasteiger partial charge in [0.15, 0.2) is 6.04 Å². The van der Waals surface area contributed by atoms with Crippen molar-refractivity contribution >= 4 is 17.8 Å². The number of aliphatic hydroxyl groups is 1. The van der Waals surface area contributed by atoms with Gasteiger partial charge in [-0.3, -0.25) is 9.59 Å². The lowest BCUT2D eigenvalue weighted by Crippen LogP contribution is -2.55. The maximum Gasteiger partial charge on any atom is 0.330 e. The van der Waals surface area contributed by atoms with Crippen molar-refractivity contribution in [1.29, 1.82) is 0 Å². The molecule has 0 unspecified atom stereocenters. The molecular weight excluding hydrogens is 376 g/mol. The third kappa shape index (κ3) is 11.2. The molecule has 0 saturated carbocycles. The minimum atomic E-state index is -1.17. The number of rotatable bonds is 15. The van der Waals surface area contributed by atoms with Crippen LogP contribution in [0.25, 0.3) is 0 Å². The number of amides is 2. The second-order valence-electron chi connectivity index (χ2n) is 7.59. The predicted octanol–water partition coefficient (Wildman–Crippen LogP) is 0.00680. The van der Waals surface area contributed by atoms with Crippen LogP contribution in [0.3, 0.4) is 0 Å². The minimum absolute atomic E-state index is 0.246. The molecule has 0 aliphatic carbocycles. The number of nitrogens with two attached hydrogens (primary N) is 1. The van der Waals surface area contributed by atoms with E-state index in [-0.39, 0.29) is 5.92 Å². The van der Waals surface area contributed by atoms with Crippen LogP contribution in [0.2, 0.25) is 0 Å². The Kier molecular flexibility index (Phi) is 14.3. The van der Waals surface area contributed by atoms with Crippen LogP contribution in [0.4, 0.5) is 0 Å². The topological polar surface area (TPSA) is 134 Å². The van der Waals surface area contributed by atoms with E-state index >= 15 is 0 Å². The highest BCUT2D eigenvalue weighted by molar-refractivity contribution is 5.92. The summed E-state index contributed by atoms with van der Waals surface area (Å²) in [7, 11) is 1.18. The van der Waals surface area contributed by atoms with Gasteiger partial charge in [0.1, 0.15) is 6.04 Å². The van der Waals surface area contributed by atoms with Gasteiger partial charge in [0, 0.05) is 0 Å². The lowest BCUT2D eigenvalue weighted by atomic mass is 10.0. The van der Waals surface area contributed by atoms with Gasteiger partial charge in [-0.1, -0.05) is 27.7 Å². The van der Waals surface area contributed by atoms with E-state index in [1.807, 2.05) is 13.8 Å². The molecule has 0 aromatic carbocycles. The summed E-state index contributed by atoms with van der Waals surface area (Å²) in [4.78, 5) is 39.0. The molecule has 0 fully saturated rings. The third-order valence-electron chi connectivity index (χ3n) is 4.79. The molecule has 0 aromatic heterocycles. The van der Waals surface area contributed by atoms with Crippen LogP contribution in [0.15, 0.2) is 0 Å². The number of carbonyl (C=O) groups excluding carboxylic acids is 3. The lowest BCUT2D eigenvalue weighted by Gasteiger charge is -2.24. The first kappa shape index (κ1) is 27.3. The average Bonchev–Trinajstić information content (AvgIpc) is 2.69. The van der Waals surface area contributed by atoms with E-state index in [0.717, 1.165) is 32.5 Å². The molecule has 0 spiro atoms. The van der Waals surface area contributed by atoms with Crippen LogP contribution in [0, 0.1) is 5.92 Å². The first-order valence-electron chi connectivity index (χ1n) is 10.5. The van der Waals surface area contributed by atoms with E-state index in [4.69, 9.17) is 5.73 Å². The van der Waals surface area contributed by atoms with E-state index in [1.54, 1.807) is 0 Å². The standard InChI is InChI=1S/C20H40N4O5/c1-6-24(7-2)11-9-8-10-16(22-18(26)15(21)12-14(3)4)19(27)23-17(13-25)20(28)29-5/h14-17,25H,6-13,21H2,1-5H3,(H,22,26)(H,23,27)/t15-,16-,17-/m0/s1. The Morgan fingerprint density at radius 1 is 1.03 bits per heavy atom. The lowest BCUT2D eigenvalue weighted by molar-refractivity contribution is -0.146. The van der Waals surface area contributed by atoms with Crippen molar-refractivity contribution in [3.63, 3.8) is 0 Å². The molecule has 0 radical (unpaired) electrons. The zero-order valence-electron chi connectivity index (χ0n) is 18.6. The Bertz CT molecular complexity index is 497. The van der Waals surface area contributed by atoms with Gasteiger partial charge >= 0.3 is 5.97 Å². The number of hydrogen-bond donors (Lipinski definition) is 4. The Morgan fingerprint density at radius 2 is 1.62 bits per heavy atom. The fraction of sp³-hybridized carbons (Fsp3) is 0.850. The van der Waals surface area contributed by atoms with Gasteiger partial charge in [0.05, 0.1) is 19.8 Å². The number of hydrogen-bond acceptors (Lipinski definition) is 7. The fourth-order valence-electron chi connectivity index (χ4n) is 2.98. The zero-order valence-corrected chi connectivity index (χ0v) is 18.6. The monoisotopic (exact) mass is 416 g/mol. The normalized spacial score (nSPS) is 14.4. The quantitative estimate of drug-likeness (QED) is 0.218. The molecule has 0 aliphatic heterocycles. The van der Waals surface area contributed by atoms with Gasteiger partial charge in [-0.15, -0.1) is 0 Å². The SMILES string of the molecule is CCN(CC)CCCC[C@H](NC(=O)[C@@H](N)CC(C)C)C(=O)N[C@@H](CO)C(=O)OC. The average molecular weight is 417 g/mol. The van der Waals surface area contributed by atoms with Crippen LogP contribution in [0.1, 0.15) is 53.4 Å². The highest BCUT2D eigenvalue weighted by Crippen LogP contribution is 2.07. The molecular formula is C20H40N4O5. The number of carbonyl (C=O) groups is 3. The summed E-state index contributed by atoms with van der Waals surface area (Å²) in [5.74, 6) is -1.44.